The average molecular weight is 414 g/mol. The molecule has 1 aliphatic carbocycles. The summed E-state index contributed by atoms with van der Waals surface area (Å²) >= 11 is 0. The Morgan fingerprint density at radius 2 is 1.87 bits per heavy atom. The monoisotopic (exact) mass is 413 g/mol. The molecule has 0 saturated carbocycles. The van der Waals surface area contributed by atoms with Gasteiger partial charge in [0.15, 0.2) is 0 Å². The predicted octanol–water partition coefficient (Wildman–Crippen LogP) is 2.31. The molecular weight excluding hydrogens is 378 g/mol. The summed E-state index contributed by atoms with van der Waals surface area (Å²) in [4.78, 5) is 29.6. The fourth-order valence-corrected chi connectivity index (χ4v) is 5.04. The van der Waals surface area contributed by atoms with Crippen LogP contribution < -0.4 is 5.32 Å². The molecule has 4 rings (SSSR count). The summed E-state index contributed by atoms with van der Waals surface area (Å²) < 4.78 is 5.36. The summed E-state index contributed by atoms with van der Waals surface area (Å²) in [6.07, 6.45) is 6.75. The molecule has 0 aromatic heterocycles. The fourth-order valence-electron chi connectivity index (χ4n) is 5.04. The van der Waals surface area contributed by atoms with E-state index in [9.17, 15) is 9.59 Å². The lowest BCUT2D eigenvalue weighted by atomic mass is 9.89. The number of carbonyl (C=O) groups is 2. The topological polar surface area (TPSA) is 61.9 Å². The quantitative estimate of drug-likeness (QED) is 0.805. The Morgan fingerprint density at radius 1 is 1.10 bits per heavy atom. The van der Waals surface area contributed by atoms with Gasteiger partial charge in [-0.1, -0.05) is 18.2 Å². The van der Waals surface area contributed by atoms with Crippen LogP contribution in [0, 0.1) is 5.92 Å². The molecule has 2 heterocycles. The van der Waals surface area contributed by atoms with Crippen molar-refractivity contribution in [2.75, 3.05) is 45.9 Å². The molecule has 1 aromatic carbocycles. The molecule has 164 valence electrons. The number of hydrogen-bond acceptors (Lipinski definition) is 4. The molecule has 2 aliphatic heterocycles. The highest BCUT2D eigenvalue weighted by atomic mass is 16.5. The number of nitrogens with one attached hydrogen (secondary N) is 1. The number of fused-ring (bicyclic) bond motifs is 1. The Balaban J connectivity index is 1.28. The van der Waals surface area contributed by atoms with E-state index in [1.165, 1.54) is 36.0 Å². The molecule has 3 aliphatic rings. The maximum Gasteiger partial charge on any atom is 0.234 e. The predicted molar refractivity (Wildman–Crippen MR) is 116 cm³/mol. The second-order valence-corrected chi connectivity index (χ2v) is 9.04. The van der Waals surface area contributed by atoms with Gasteiger partial charge in [0.2, 0.25) is 11.8 Å². The molecule has 30 heavy (non-hydrogen) atoms. The average Bonchev–Trinajstić information content (AvgIpc) is 2.79. The van der Waals surface area contributed by atoms with E-state index in [2.05, 4.69) is 35.3 Å². The SMILES string of the molecule is CC(NC(=O)CN1CCCC(C(=O)N2CCOCC2)C1)c1ccc2c(c1)CCCC2. The van der Waals surface area contributed by atoms with Gasteiger partial charge in [0.1, 0.15) is 0 Å². The van der Waals surface area contributed by atoms with Crippen LogP contribution in [0.1, 0.15) is 55.3 Å². The number of benzene rings is 1. The van der Waals surface area contributed by atoms with Gasteiger partial charge in [-0.3, -0.25) is 14.5 Å². The normalized spacial score (nSPS) is 23.5. The van der Waals surface area contributed by atoms with Gasteiger partial charge in [0.25, 0.3) is 0 Å². The molecule has 0 radical (unpaired) electrons. The number of nitrogens with zero attached hydrogens (tertiary/aromatic N) is 2. The van der Waals surface area contributed by atoms with Crippen LogP contribution in [0.15, 0.2) is 18.2 Å². The number of aryl methyl sites for hydroxylation is 2. The Morgan fingerprint density at radius 3 is 2.67 bits per heavy atom. The van der Waals surface area contributed by atoms with Crippen LogP contribution in [-0.2, 0) is 27.2 Å². The number of ether oxygens (including phenoxy) is 1. The van der Waals surface area contributed by atoms with Gasteiger partial charge in [0, 0.05) is 19.6 Å². The molecule has 2 fully saturated rings. The molecule has 6 nitrogen and oxygen atoms in total. The highest BCUT2D eigenvalue weighted by Crippen LogP contribution is 2.25. The van der Waals surface area contributed by atoms with E-state index in [1.807, 2.05) is 4.90 Å². The van der Waals surface area contributed by atoms with E-state index >= 15 is 0 Å². The van der Waals surface area contributed by atoms with Gasteiger partial charge in [-0.25, -0.2) is 0 Å². The van der Waals surface area contributed by atoms with Crippen molar-refractivity contribution in [1.29, 1.82) is 0 Å². The van der Waals surface area contributed by atoms with E-state index < -0.39 is 0 Å². The van der Waals surface area contributed by atoms with Gasteiger partial charge >= 0.3 is 0 Å². The van der Waals surface area contributed by atoms with E-state index in [0.29, 0.717) is 39.4 Å². The number of amides is 2. The van der Waals surface area contributed by atoms with Crippen molar-refractivity contribution in [1.82, 2.24) is 15.1 Å². The van der Waals surface area contributed by atoms with Crippen LogP contribution in [0.25, 0.3) is 0 Å². The smallest absolute Gasteiger partial charge is 0.234 e. The molecule has 0 bridgehead atoms. The fraction of sp³-hybridized carbons (Fsp3) is 0.667. The number of morpholine rings is 1. The van der Waals surface area contributed by atoms with Gasteiger partial charge in [-0.05, 0) is 68.7 Å². The van der Waals surface area contributed by atoms with Crippen molar-refractivity contribution in [2.24, 2.45) is 5.92 Å². The summed E-state index contributed by atoms with van der Waals surface area (Å²) in [5.41, 5.74) is 4.09. The number of carbonyl (C=O) groups excluding carboxylic acids is 2. The lowest BCUT2D eigenvalue weighted by molar-refractivity contribution is -0.142. The van der Waals surface area contributed by atoms with Crippen molar-refractivity contribution >= 4 is 11.8 Å². The third-order valence-electron chi connectivity index (χ3n) is 6.79. The maximum absolute atomic E-state index is 12.8. The zero-order valence-corrected chi connectivity index (χ0v) is 18.2. The molecule has 0 spiro atoms. The third kappa shape index (κ3) is 5.22. The van der Waals surface area contributed by atoms with Crippen LogP contribution in [0.3, 0.4) is 0 Å². The van der Waals surface area contributed by atoms with Crippen LogP contribution >= 0.6 is 0 Å². The summed E-state index contributed by atoms with van der Waals surface area (Å²) in [6, 6.07) is 6.67. The van der Waals surface area contributed by atoms with E-state index in [1.54, 1.807) is 0 Å². The van der Waals surface area contributed by atoms with Crippen LogP contribution in [0.2, 0.25) is 0 Å². The Kier molecular flexibility index (Phi) is 7.05. The molecular formula is C24H35N3O3. The first-order valence-corrected chi connectivity index (χ1v) is 11.6. The molecule has 6 heteroatoms. The Bertz CT molecular complexity index is 760. The van der Waals surface area contributed by atoms with E-state index in [4.69, 9.17) is 4.74 Å². The lowest BCUT2D eigenvalue weighted by Gasteiger charge is -2.36. The third-order valence-corrected chi connectivity index (χ3v) is 6.79. The summed E-state index contributed by atoms with van der Waals surface area (Å²) in [6.45, 7) is 6.62. The maximum atomic E-state index is 12.8. The summed E-state index contributed by atoms with van der Waals surface area (Å²) in [7, 11) is 0. The minimum Gasteiger partial charge on any atom is -0.378 e. The van der Waals surface area contributed by atoms with Crippen molar-refractivity contribution in [3.63, 3.8) is 0 Å². The van der Waals surface area contributed by atoms with Crippen molar-refractivity contribution in [3.8, 4) is 0 Å². The molecule has 2 amide bonds. The van der Waals surface area contributed by atoms with Crippen LogP contribution in [0.4, 0.5) is 0 Å². The van der Waals surface area contributed by atoms with E-state index in [-0.39, 0.29) is 23.8 Å². The second-order valence-electron chi connectivity index (χ2n) is 9.04. The highest BCUT2D eigenvalue weighted by molar-refractivity contribution is 5.80. The molecule has 2 atom stereocenters. The van der Waals surface area contributed by atoms with Crippen molar-refractivity contribution in [3.05, 3.63) is 34.9 Å². The first kappa shape index (κ1) is 21.3. The van der Waals surface area contributed by atoms with Crippen LogP contribution in [-0.4, -0.2) is 67.6 Å². The lowest BCUT2D eigenvalue weighted by Crippen LogP contribution is -2.50. The van der Waals surface area contributed by atoms with Gasteiger partial charge in [-0.15, -0.1) is 0 Å². The van der Waals surface area contributed by atoms with Gasteiger partial charge < -0.3 is 15.0 Å². The molecule has 1 N–H and O–H groups in total. The Labute approximate surface area is 179 Å². The Hall–Kier alpha value is -1.92. The van der Waals surface area contributed by atoms with Crippen molar-refractivity contribution < 1.29 is 14.3 Å². The standard InChI is InChI=1S/C24H35N3O3/c1-18(20-9-8-19-5-2-3-6-21(19)15-20)25-23(28)17-26-10-4-7-22(16-26)24(29)27-11-13-30-14-12-27/h8-9,15,18,22H,2-7,10-14,16-17H2,1H3,(H,25,28). The van der Waals surface area contributed by atoms with Crippen molar-refractivity contribution in [2.45, 2.75) is 51.5 Å². The minimum atomic E-state index is 0.000274. The number of likely N-dealkylation sites (tertiary alicyclic amines) is 1. The zero-order chi connectivity index (χ0) is 20.9. The van der Waals surface area contributed by atoms with E-state index in [0.717, 1.165) is 25.8 Å². The number of hydrogen-bond donors (Lipinski definition) is 1. The second kappa shape index (κ2) is 9.92. The summed E-state index contributed by atoms with van der Waals surface area (Å²) in [5.74, 6) is 0.272. The van der Waals surface area contributed by atoms with Gasteiger partial charge in [0.05, 0.1) is 31.7 Å². The largest absolute Gasteiger partial charge is 0.378 e. The highest BCUT2D eigenvalue weighted by Gasteiger charge is 2.30. The molecule has 2 unspecified atom stereocenters. The first-order valence-electron chi connectivity index (χ1n) is 11.6. The van der Waals surface area contributed by atoms with Crippen LogP contribution in [0.5, 0.6) is 0 Å². The zero-order valence-electron chi connectivity index (χ0n) is 18.2. The number of piperidine rings is 1. The number of rotatable bonds is 5. The van der Waals surface area contributed by atoms with Gasteiger partial charge in [-0.2, -0.15) is 0 Å². The molecule has 2 saturated heterocycles. The minimum absolute atomic E-state index is 0.000274. The first-order chi connectivity index (χ1) is 14.6. The summed E-state index contributed by atoms with van der Waals surface area (Å²) in [5, 5.41) is 3.17. The molecule has 1 aromatic rings.